The lowest BCUT2D eigenvalue weighted by Crippen LogP contribution is -2.07. The van der Waals surface area contributed by atoms with Crippen LogP contribution in [0, 0.1) is 0 Å². The number of anilines is 1. The van der Waals surface area contributed by atoms with Gasteiger partial charge in [0.1, 0.15) is 5.69 Å². The molecule has 8 heteroatoms. The molecule has 0 bridgehead atoms. The van der Waals surface area contributed by atoms with Gasteiger partial charge < -0.3 is 15.6 Å². The Morgan fingerprint density at radius 2 is 2.00 bits per heavy atom. The molecule has 1 aromatic heterocycles. The molecule has 3 N–H and O–H groups in total. The quantitative estimate of drug-likeness (QED) is 0.750. The molecule has 0 saturated carbocycles. The largest absolute Gasteiger partial charge is 0.394 e. The molecule has 0 radical (unpaired) electrons. The predicted molar refractivity (Wildman–Crippen MR) is 85.9 cm³/mol. The average Bonchev–Trinajstić information content (AvgIpc) is 2.50. The van der Waals surface area contributed by atoms with Gasteiger partial charge in [-0.1, -0.05) is 35.3 Å². The molecule has 0 atom stereocenters. The maximum Gasteiger partial charge on any atom is 0.154 e. The molecule has 0 spiro atoms. The fraction of sp³-hybridized carbons (Fsp3) is 0.357. The highest BCUT2D eigenvalue weighted by atomic mass is 35.5. The van der Waals surface area contributed by atoms with E-state index in [-0.39, 0.29) is 12.4 Å². The molecule has 2 aromatic rings. The number of benzene rings is 1. The number of halogens is 2. The van der Waals surface area contributed by atoms with Gasteiger partial charge in [-0.15, -0.1) is 10.2 Å². The van der Waals surface area contributed by atoms with Gasteiger partial charge in [0.25, 0.3) is 0 Å². The Kier molecular flexibility index (Phi) is 6.33. The van der Waals surface area contributed by atoms with Crippen LogP contribution in [0.25, 0.3) is 11.3 Å². The molecule has 0 aliphatic carbocycles. The summed E-state index contributed by atoms with van der Waals surface area (Å²) >= 11 is 12.1. The molecule has 0 aliphatic rings. The number of rotatable bonds is 7. The van der Waals surface area contributed by atoms with Crippen molar-refractivity contribution in [3.8, 4) is 11.3 Å². The summed E-state index contributed by atoms with van der Waals surface area (Å²) < 4.78 is 5.17. The molecule has 6 nitrogen and oxygen atoms in total. The zero-order valence-corrected chi connectivity index (χ0v) is 13.3. The molecule has 1 heterocycles. The zero-order valence-electron chi connectivity index (χ0n) is 11.8. The Labute approximate surface area is 138 Å². The summed E-state index contributed by atoms with van der Waals surface area (Å²) in [6, 6.07) is 5.21. The van der Waals surface area contributed by atoms with E-state index in [4.69, 9.17) is 38.8 Å². The Bertz CT molecular complexity index is 640. The highest BCUT2D eigenvalue weighted by molar-refractivity contribution is 6.43. The number of hydrogen-bond acceptors (Lipinski definition) is 6. The van der Waals surface area contributed by atoms with E-state index in [1.165, 1.54) is 0 Å². The van der Waals surface area contributed by atoms with Gasteiger partial charge in [-0.05, 0) is 12.5 Å². The second-order valence-corrected chi connectivity index (χ2v) is 5.29. The monoisotopic (exact) mass is 342 g/mol. The maximum absolute atomic E-state index is 8.60. The fourth-order valence-electron chi connectivity index (χ4n) is 1.86. The van der Waals surface area contributed by atoms with E-state index in [9.17, 15) is 0 Å². The standard InChI is InChI=1S/C14H16Cl2N4O2/c15-10-4-1-3-9(12(10)16)13-14(17)18-11(19-20-13)5-2-7-22-8-6-21/h1,3-4,21H,2,5-8H2,(H2,17,18,19). The van der Waals surface area contributed by atoms with Crippen LogP contribution in [0.2, 0.25) is 10.0 Å². The van der Waals surface area contributed by atoms with E-state index in [0.717, 1.165) is 6.42 Å². The van der Waals surface area contributed by atoms with Crippen molar-refractivity contribution in [2.45, 2.75) is 12.8 Å². The number of hydrogen-bond donors (Lipinski definition) is 2. The van der Waals surface area contributed by atoms with Crippen LogP contribution in [-0.4, -0.2) is 40.1 Å². The summed E-state index contributed by atoms with van der Waals surface area (Å²) in [7, 11) is 0. The second kappa shape index (κ2) is 8.24. The van der Waals surface area contributed by atoms with Crippen molar-refractivity contribution >= 4 is 29.0 Å². The number of nitrogens with two attached hydrogens (primary N) is 1. The van der Waals surface area contributed by atoms with Gasteiger partial charge in [0.15, 0.2) is 11.6 Å². The molecular formula is C14H16Cl2N4O2. The average molecular weight is 343 g/mol. The number of aryl methyl sites for hydroxylation is 1. The van der Waals surface area contributed by atoms with Crippen molar-refractivity contribution in [2.24, 2.45) is 0 Å². The third kappa shape index (κ3) is 4.27. The molecule has 0 saturated heterocycles. The lowest BCUT2D eigenvalue weighted by molar-refractivity contribution is 0.0906. The van der Waals surface area contributed by atoms with Gasteiger partial charge in [-0.25, -0.2) is 4.98 Å². The number of ether oxygens (including phenoxy) is 1. The van der Waals surface area contributed by atoms with E-state index >= 15 is 0 Å². The van der Waals surface area contributed by atoms with Crippen LogP contribution in [-0.2, 0) is 11.2 Å². The molecule has 118 valence electrons. The first kappa shape index (κ1) is 16.9. The Hall–Kier alpha value is -1.47. The summed E-state index contributed by atoms with van der Waals surface area (Å²) in [6.45, 7) is 0.860. The SMILES string of the molecule is Nc1nc(CCCOCCO)nnc1-c1cccc(Cl)c1Cl. The summed E-state index contributed by atoms with van der Waals surface area (Å²) in [5.74, 6) is 0.789. The van der Waals surface area contributed by atoms with Crippen LogP contribution in [0.4, 0.5) is 5.82 Å². The van der Waals surface area contributed by atoms with Crippen molar-refractivity contribution in [1.82, 2.24) is 15.2 Å². The molecule has 0 amide bonds. The minimum absolute atomic E-state index is 0.0140. The van der Waals surface area contributed by atoms with E-state index in [0.29, 0.717) is 46.8 Å². The molecule has 2 rings (SSSR count). The molecule has 1 aromatic carbocycles. The van der Waals surface area contributed by atoms with Crippen LogP contribution in [0.1, 0.15) is 12.2 Å². The lowest BCUT2D eigenvalue weighted by Gasteiger charge is -2.08. The van der Waals surface area contributed by atoms with Crippen molar-refractivity contribution in [3.05, 3.63) is 34.1 Å². The van der Waals surface area contributed by atoms with Gasteiger partial charge in [-0.2, -0.15) is 0 Å². The summed E-state index contributed by atoms with van der Waals surface area (Å²) in [4.78, 5) is 4.24. The minimum Gasteiger partial charge on any atom is -0.394 e. The third-order valence-corrected chi connectivity index (χ3v) is 3.71. The number of aliphatic hydroxyl groups is 1. The molecule has 22 heavy (non-hydrogen) atoms. The van der Waals surface area contributed by atoms with Crippen LogP contribution in [0.5, 0.6) is 0 Å². The zero-order chi connectivity index (χ0) is 15.9. The minimum atomic E-state index is 0.0140. The van der Waals surface area contributed by atoms with Crippen molar-refractivity contribution in [3.63, 3.8) is 0 Å². The number of nitrogens with zero attached hydrogens (tertiary/aromatic N) is 3. The predicted octanol–water partition coefficient (Wildman–Crippen LogP) is 2.37. The summed E-state index contributed by atoms with van der Waals surface area (Å²) in [5, 5.41) is 17.6. The van der Waals surface area contributed by atoms with Gasteiger partial charge >= 0.3 is 0 Å². The molecule has 0 unspecified atom stereocenters. The third-order valence-electron chi connectivity index (χ3n) is 2.89. The first-order chi connectivity index (χ1) is 10.6. The molecular weight excluding hydrogens is 327 g/mol. The van der Waals surface area contributed by atoms with Gasteiger partial charge in [-0.3, -0.25) is 0 Å². The normalized spacial score (nSPS) is 10.9. The highest BCUT2D eigenvalue weighted by Gasteiger charge is 2.13. The van der Waals surface area contributed by atoms with Gasteiger partial charge in [0.2, 0.25) is 0 Å². The van der Waals surface area contributed by atoms with Crippen molar-refractivity contribution < 1.29 is 9.84 Å². The molecule has 0 fully saturated rings. The Morgan fingerprint density at radius 1 is 1.18 bits per heavy atom. The van der Waals surface area contributed by atoms with Crippen molar-refractivity contribution in [1.29, 1.82) is 0 Å². The van der Waals surface area contributed by atoms with E-state index < -0.39 is 0 Å². The van der Waals surface area contributed by atoms with Crippen LogP contribution in [0.3, 0.4) is 0 Å². The van der Waals surface area contributed by atoms with E-state index in [1.807, 2.05) is 0 Å². The summed E-state index contributed by atoms with van der Waals surface area (Å²) in [5.41, 5.74) is 6.96. The van der Waals surface area contributed by atoms with Crippen LogP contribution < -0.4 is 5.73 Å². The fourth-order valence-corrected chi connectivity index (χ4v) is 2.25. The first-order valence-electron chi connectivity index (χ1n) is 6.75. The first-order valence-corrected chi connectivity index (χ1v) is 7.51. The molecule has 0 aliphatic heterocycles. The Morgan fingerprint density at radius 3 is 2.73 bits per heavy atom. The lowest BCUT2D eigenvalue weighted by atomic mass is 10.1. The summed E-state index contributed by atoms with van der Waals surface area (Å²) in [6.07, 6.45) is 1.31. The number of nitrogen functional groups attached to an aromatic ring is 1. The van der Waals surface area contributed by atoms with Gasteiger partial charge in [0, 0.05) is 18.6 Å². The highest BCUT2D eigenvalue weighted by Crippen LogP contribution is 2.33. The number of aliphatic hydroxyl groups excluding tert-OH is 1. The van der Waals surface area contributed by atoms with E-state index in [2.05, 4.69) is 15.2 Å². The smallest absolute Gasteiger partial charge is 0.154 e. The van der Waals surface area contributed by atoms with Crippen LogP contribution >= 0.6 is 23.2 Å². The van der Waals surface area contributed by atoms with Crippen molar-refractivity contribution in [2.75, 3.05) is 25.6 Å². The number of aromatic nitrogens is 3. The Balaban J connectivity index is 2.08. The van der Waals surface area contributed by atoms with Gasteiger partial charge in [0.05, 0.1) is 23.3 Å². The van der Waals surface area contributed by atoms with Crippen LogP contribution in [0.15, 0.2) is 18.2 Å². The second-order valence-electron chi connectivity index (χ2n) is 4.50. The topological polar surface area (TPSA) is 94.2 Å². The van der Waals surface area contributed by atoms with E-state index in [1.54, 1.807) is 18.2 Å². The maximum atomic E-state index is 8.60.